The minimum absolute atomic E-state index is 0.471. The molecule has 0 amide bonds. The van der Waals surface area contributed by atoms with E-state index < -0.39 is 15.4 Å². The summed E-state index contributed by atoms with van der Waals surface area (Å²) in [5.74, 6) is 0. The lowest BCUT2D eigenvalue weighted by atomic mass is 10.3. The van der Waals surface area contributed by atoms with Crippen LogP contribution < -0.4 is 0 Å². The van der Waals surface area contributed by atoms with Crippen LogP contribution in [0.3, 0.4) is 0 Å². The van der Waals surface area contributed by atoms with Crippen LogP contribution in [0.1, 0.15) is 13.3 Å². The highest BCUT2D eigenvalue weighted by atomic mass is 32.2. The topological polar surface area (TPSA) is 66.8 Å². The molecular weight excluding hydrogens is 206 g/mol. The standard InChI is InChI=1S/C8H17NO4S/c1-8(14(10,11)12)2-3-9-4-6-13-7-5-9/h8H,2-7H2,1H3,(H,10,11,12). The molecule has 0 saturated carbocycles. The van der Waals surface area contributed by atoms with Gasteiger partial charge >= 0.3 is 0 Å². The number of rotatable bonds is 4. The molecule has 84 valence electrons. The van der Waals surface area contributed by atoms with E-state index in [1.54, 1.807) is 0 Å². The predicted molar refractivity (Wildman–Crippen MR) is 52.9 cm³/mol. The van der Waals surface area contributed by atoms with Gasteiger partial charge in [0.15, 0.2) is 0 Å². The van der Waals surface area contributed by atoms with Crippen molar-refractivity contribution in [3.8, 4) is 0 Å². The largest absolute Gasteiger partial charge is 0.379 e. The van der Waals surface area contributed by atoms with Gasteiger partial charge in [0.25, 0.3) is 10.1 Å². The fraction of sp³-hybridized carbons (Fsp3) is 1.00. The van der Waals surface area contributed by atoms with Gasteiger partial charge in [0.1, 0.15) is 0 Å². The second-order valence-corrected chi connectivity index (χ2v) is 5.40. The van der Waals surface area contributed by atoms with E-state index in [1.165, 1.54) is 6.92 Å². The molecule has 6 heteroatoms. The second-order valence-electron chi connectivity index (χ2n) is 3.57. The lowest BCUT2D eigenvalue weighted by Crippen LogP contribution is -2.38. The van der Waals surface area contributed by atoms with Gasteiger partial charge in [-0.25, -0.2) is 0 Å². The molecule has 14 heavy (non-hydrogen) atoms. The highest BCUT2D eigenvalue weighted by molar-refractivity contribution is 7.86. The predicted octanol–water partition coefficient (Wildman–Crippen LogP) is -0.0150. The van der Waals surface area contributed by atoms with Crippen LogP contribution in [0.5, 0.6) is 0 Å². The molecule has 1 saturated heterocycles. The molecule has 5 nitrogen and oxygen atoms in total. The van der Waals surface area contributed by atoms with Gasteiger partial charge < -0.3 is 4.74 Å². The summed E-state index contributed by atoms with van der Waals surface area (Å²) in [6, 6.07) is 0. The van der Waals surface area contributed by atoms with Crippen LogP contribution in [0.25, 0.3) is 0 Å². The first-order chi connectivity index (χ1) is 6.50. The molecule has 0 aliphatic carbocycles. The van der Waals surface area contributed by atoms with Gasteiger partial charge in [0.2, 0.25) is 0 Å². The third-order valence-electron chi connectivity index (χ3n) is 2.46. The average molecular weight is 223 g/mol. The van der Waals surface area contributed by atoms with Crippen molar-refractivity contribution in [2.24, 2.45) is 0 Å². The number of hydrogen-bond acceptors (Lipinski definition) is 4. The quantitative estimate of drug-likeness (QED) is 0.679. The van der Waals surface area contributed by atoms with E-state index in [1.807, 2.05) is 0 Å². The summed E-state index contributed by atoms with van der Waals surface area (Å²) in [6.45, 7) is 5.33. The molecule has 1 rings (SSSR count). The molecule has 0 spiro atoms. The van der Waals surface area contributed by atoms with Crippen molar-refractivity contribution in [1.29, 1.82) is 0 Å². The van der Waals surface area contributed by atoms with E-state index in [4.69, 9.17) is 9.29 Å². The summed E-state index contributed by atoms with van der Waals surface area (Å²) in [5, 5.41) is -0.676. The molecule has 1 atom stereocenters. The third kappa shape index (κ3) is 3.91. The second kappa shape index (κ2) is 5.06. The molecular formula is C8H17NO4S. The molecule has 1 aliphatic heterocycles. The first kappa shape index (κ1) is 11.9. The number of morpholine rings is 1. The molecule has 0 aromatic rings. The minimum Gasteiger partial charge on any atom is -0.379 e. The Kier molecular flexibility index (Phi) is 4.31. The average Bonchev–Trinajstić information content (AvgIpc) is 2.14. The molecule has 0 radical (unpaired) electrons. The summed E-state index contributed by atoms with van der Waals surface area (Å²) < 4.78 is 35.3. The van der Waals surface area contributed by atoms with Gasteiger partial charge in [-0.1, -0.05) is 0 Å². The fourth-order valence-corrected chi connectivity index (χ4v) is 1.74. The molecule has 0 aromatic heterocycles. The van der Waals surface area contributed by atoms with E-state index in [-0.39, 0.29) is 0 Å². The van der Waals surface area contributed by atoms with Gasteiger partial charge in [0, 0.05) is 13.1 Å². The Morgan fingerprint density at radius 1 is 1.43 bits per heavy atom. The number of nitrogens with zero attached hydrogens (tertiary/aromatic N) is 1. The van der Waals surface area contributed by atoms with Crippen LogP contribution in [0, 0.1) is 0 Å². The van der Waals surface area contributed by atoms with Crippen LogP contribution in [-0.4, -0.2) is 56.0 Å². The normalized spacial score (nSPS) is 22.1. The lowest BCUT2D eigenvalue weighted by molar-refractivity contribution is 0.0374. The van der Waals surface area contributed by atoms with E-state index in [0.29, 0.717) is 26.2 Å². The summed E-state index contributed by atoms with van der Waals surface area (Å²) in [7, 11) is -3.86. The van der Waals surface area contributed by atoms with Crippen LogP contribution in [0.15, 0.2) is 0 Å². The maximum Gasteiger partial charge on any atom is 0.267 e. The van der Waals surface area contributed by atoms with Gasteiger partial charge in [-0.3, -0.25) is 9.45 Å². The molecule has 1 fully saturated rings. The molecule has 0 aromatic carbocycles. The van der Waals surface area contributed by atoms with Crippen molar-refractivity contribution < 1.29 is 17.7 Å². The summed E-state index contributed by atoms with van der Waals surface area (Å²) in [4.78, 5) is 2.14. The minimum atomic E-state index is -3.86. The maximum absolute atomic E-state index is 10.7. The Balaban J connectivity index is 2.25. The highest BCUT2D eigenvalue weighted by Crippen LogP contribution is 2.06. The SMILES string of the molecule is CC(CCN1CCOCC1)S(=O)(=O)O. The summed E-state index contributed by atoms with van der Waals surface area (Å²) in [6.07, 6.45) is 0.471. The zero-order valence-corrected chi connectivity index (χ0v) is 9.16. The zero-order chi connectivity index (χ0) is 10.6. The van der Waals surface area contributed by atoms with Crippen LogP contribution >= 0.6 is 0 Å². The van der Waals surface area contributed by atoms with Gasteiger partial charge in [0.05, 0.1) is 18.5 Å². The van der Waals surface area contributed by atoms with Crippen LogP contribution in [0.4, 0.5) is 0 Å². The van der Waals surface area contributed by atoms with Gasteiger partial charge in [-0.15, -0.1) is 0 Å². The lowest BCUT2D eigenvalue weighted by Gasteiger charge is -2.27. The Morgan fingerprint density at radius 3 is 2.50 bits per heavy atom. The van der Waals surface area contributed by atoms with Crippen molar-refractivity contribution in [2.75, 3.05) is 32.8 Å². The molecule has 1 N–H and O–H groups in total. The van der Waals surface area contributed by atoms with E-state index >= 15 is 0 Å². The van der Waals surface area contributed by atoms with E-state index in [9.17, 15) is 8.42 Å². The van der Waals surface area contributed by atoms with Crippen molar-refractivity contribution in [3.05, 3.63) is 0 Å². The highest BCUT2D eigenvalue weighted by Gasteiger charge is 2.19. The van der Waals surface area contributed by atoms with Gasteiger partial charge in [-0.2, -0.15) is 8.42 Å². The number of hydrogen-bond donors (Lipinski definition) is 1. The maximum atomic E-state index is 10.7. The zero-order valence-electron chi connectivity index (χ0n) is 8.35. The molecule has 0 bridgehead atoms. The Hall–Kier alpha value is -0.170. The smallest absolute Gasteiger partial charge is 0.267 e. The van der Waals surface area contributed by atoms with Crippen molar-refractivity contribution in [2.45, 2.75) is 18.6 Å². The summed E-state index contributed by atoms with van der Waals surface area (Å²) in [5.41, 5.74) is 0. The van der Waals surface area contributed by atoms with Crippen molar-refractivity contribution in [1.82, 2.24) is 4.90 Å². The Bertz CT molecular complexity index is 259. The van der Waals surface area contributed by atoms with Crippen molar-refractivity contribution >= 4 is 10.1 Å². The van der Waals surface area contributed by atoms with Gasteiger partial charge in [-0.05, 0) is 19.9 Å². The molecule has 1 aliphatic rings. The first-order valence-corrected chi connectivity index (χ1v) is 6.27. The van der Waals surface area contributed by atoms with E-state index in [2.05, 4.69) is 4.90 Å². The van der Waals surface area contributed by atoms with E-state index in [0.717, 1.165) is 13.1 Å². The molecule has 1 heterocycles. The Morgan fingerprint density at radius 2 is 2.00 bits per heavy atom. The monoisotopic (exact) mass is 223 g/mol. The van der Waals surface area contributed by atoms with Crippen LogP contribution in [-0.2, 0) is 14.9 Å². The Labute approximate surface area is 84.8 Å². The van der Waals surface area contributed by atoms with Crippen LogP contribution in [0.2, 0.25) is 0 Å². The first-order valence-electron chi connectivity index (χ1n) is 4.76. The molecule has 1 unspecified atom stereocenters. The summed E-state index contributed by atoms with van der Waals surface area (Å²) >= 11 is 0. The number of ether oxygens (including phenoxy) is 1. The van der Waals surface area contributed by atoms with Crippen molar-refractivity contribution in [3.63, 3.8) is 0 Å². The fourth-order valence-electron chi connectivity index (χ4n) is 1.34. The third-order valence-corrected chi connectivity index (χ3v) is 3.72.